The fourth-order valence-electron chi connectivity index (χ4n) is 1.04. The number of rotatable bonds is 0. The van der Waals surface area contributed by atoms with Crippen LogP contribution in [0.3, 0.4) is 0 Å². The monoisotopic (exact) mass is 188 g/mol. The number of benzene rings is 1. The van der Waals surface area contributed by atoms with Crippen molar-refractivity contribution in [2.75, 3.05) is 7.11 Å². The molecule has 0 N–H and O–H groups in total. The van der Waals surface area contributed by atoms with Gasteiger partial charge < -0.3 is 4.74 Å². The van der Waals surface area contributed by atoms with E-state index in [4.69, 9.17) is 0 Å². The third kappa shape index (κ3) is 2.63. The Morgan fingerprint density at radius 3 is 2.71 bits per heavy atom. The van der Waals surface area contributed by atoms with Gasteiger partial charge in [0.15, 0.2) is 0 Å². The molecule has 2 nitrogen and oxygen atoms in total. The van der Waals surface area contributed by atoms with E-state index in [0.717, 1.165) is 16.7 Å². The van der Waals surface area contributed by atoms with Gasteiger partial charge in [0.25, 0.3) is 0 Å². The highest BCUT2D eigenvalue weighted by Gasteiger charge is 1.95. The number of carbonyl (C=O) groups excluding carboxylic acids is 1. The maximum Gasteiger partial charge on any atom is 0.384 e. The Morgan fingerprint density at radius 1 is 1.36 bits per heavy atom. The third-order valence-corrected chi connectivity index (χ3v) is 1.88. The zero-order chi connectivity index (χ0) is 10.6. The minimum atomic E-state index is -0.508. The van der Waals surface area contributed by atoms with Gasteiger partial charge in [-0.05, 0) is 31.0 Å². The van der Waals surface area contributed by atoms with Crippen LogP contribution in [0.1, 0.15) is 16.7 Å². The van der Waals surface area contributed by atoms with Gasteiger partial charge in [0.2, 0.25) is 0 Å². The Kier molecular flexibility index (Phi) is 3.30. The largest absolute Gasteiger partial charge is 0.459 e. The standard InChI is InChI=1S/C12H12O2/c1-9-4-5-10(2)11(8-9)6-7-12(13)14-3/h4-5,8H,1-3H3. The van der Waals surface area contributed by atoms with Crippen molar-refractivity contribution >= 4 is 5.97 Å². The first kappa shape index (κ1) is 10.3. The second-order valence-electron chi connectivity index (χ2n) is 3.06. The zero-order valence-corrected chi connectivity index (χ0v) is 8.55. The molecule has 0 aliphatic rings. The molecule has 1 aromatic rings. The molecule has 0 amide bonds. The molecule has 0 aliphatic heterocycles. The fourth-order valence-corrected chi connectivity index (χ4v) is 1.04. The van der Waals surface area contributed by atoms with Gasteiger partial charge in [-0.15, -0.1) is 0 Å². The molecule has 0 heterocycles. The van der Waals surface area contributed by atoms with Gasteiger partial charge in [-0.2, -0.15) is 0 Å². The molecule has 0 atom stereocenters. The summed E-state index contributed by atoms with van der Waals surface area (Å²) in [6, 6.07) is 5.94. The average Bonchev–Trinajstić information content (AvgIpc) is 2.19. The first-order valence-electron chi connectivity index (χ1n) is 4.30. The summed E-state index contributed by atoms with van der Waals surface area (Å²) < 4.78 is 4.43. The Morgan fingerprint density at radius 2 is 2.07 bits per heavy atom. The quantitative estimate of drug-likeness (QED) is 0.458. The lowest BCUT2D eigenvalue weighted by molar-refractivity contribution is -0.133. The van der Waals surface area contributed by atoms with Crippen molar-refractivity contribution in [1.82, 2.24) is 0 Å². The minimum absolute atomic E-state index is 0.508. The van der Waals surface area contributed by atoms with Crippen molar-refractivity contribution in [3.63, 3.8) is 0 Å². The molecule has 0 aliphatic carbocycles. The predicted molar refractivity (Wildman–Crippen MR) is 54.8 cm³/mol. The van der Waals surface area contributed by atoms with Crippen molar-refractivity contribution in [2.24, 2.45) is 0 Å². The Bertz CT molecular complexity index is 408. The zero-order valence-electron chi connectivity index (χ0n) is 8.55. The second-order valence-corrected chi connectivity index (χ2v) is 3.06. The van der Waals surface area contributed by atoms with Crippen LogP contribution in [-0.2, 0) is 9.53 Å². The van der Waals surface area contributed by atoms with Crippen LogP contribution in [0.5, 0.6) is 0 Å². The highest BCUT2D eigenvalue weighted by molar-refractivity contribution is 5.89. The highest BCUT2D eigenvalue weighted by atomic mass is 16.5. The van der Waals surface area contributed by atoms with E-state index in [9.17, 15) is 4.79 Å². The molecule has 0 radical (unpaired) electrons. The van der Waals surface area contributed by atoms with Crippen molar-refractivity contribution in [1.29, 1.82) is 0 Å². The van der Waals surface area contributed by atoms with Crippen LogP contribution in [0.4, 0.5) is 0 Å². The molecule has 72 valence electrons. The SMILES string of the molecule is COC(=O)C#Cc1cc(C)ccc1C. The molecule has 14 heavy (non-hydrogen) atoms. The van der Waals surface area contributed by atoms with Crippen molar-refractivity contribution in [2.45, 2.75) is 13.8 Å². The molecule has 0 spiro atoms. The minimum Gasteiger partial charge on any atom is -0.459 e. The van der Waals surface area contributed by atoms with E-state index < -0.39 is 5.97 Å². The molecule has 0 saturated carbocycles. The van der Waals surface area contributed by atoms with E-state index in [0.29, 0.717) is 0 Å². The summed E-state index contributed by atoms with van der Waals surface area (Å²) in [5, 5.41) is 0. The van der Waals surface area contributed by atoms with Crippen LogP contribution in [-0.4, -0.2) is 13.1 Å². The molecule has 0 bridgehead atoms. The molecule has 2 heteroatoms. The van der Waals surface area contributed by atoms with Crippen molar-refractivity contribution < 1.29 is 9.53 Å². The Hall–Kier alpha value is -1.75. The summed E-state index contributed by atoms with van der Waals surface area (Å²) in [6.45, 7) is 3.95. The molecule has 1 aromatic carbocycles. The highest BCUT2D eigenvalue weighted by Crippen LogP contribution is 2.08. The second kappa shape index (κ2) is 4.48. The fraction of sp³-hybridized carbons (Fsp3) is 0.250. The molecule has 0 saturated heterocycles. The molecular formula is C12H12O2. The van der Waals surface area contributed by atoms with Crippen LogP contribution < -0.4 is 0 Å². The van der Waals surface area contributed by atoms with Gasteiger partial charge >= 0.3 is 5.97 Å². The predicted octanol–water partition coefficient (Wildman–Crippen LogP) is 1.83. The lowest BCUT2D eigenvalue weighted by atomic mass is 10.1. The maximum absolute atomic E-state index is 10.8. The summed E-state index contributed by atoms with van der Waals surface area (Å²) >= 11 is 0. The average molecular weight is 188 g/mol. The number of esters is 1. The van der Waals surface area contributed by atoms with Gasteiger partial charge in [0.05, 0.1) is 7.11 Å². The van der Waals surface area contributed by atoms with E-state index in [2.05, 4.69) is 16.6 Å². The van der Waals surface area contributed by atoms with Crippen LogP contribution in [0.15, 0.2) is 18.2 Å². The summed E-state index contributed by atoms with van der Waals surface area (Å²) in [6.07, 6.45) is 0. The smallest absolute Gasteiger partial charge is 0.384 e. The van der Waals surface area contributed by atoms with E-state index in [-0.39, 0.29) is 0 Å². The Labute approximate surface area is 83.9 Å². The summed E-state index contributed by atoms with van der Waals surface area (Å²) in [5.41, 5.74) is 3.06. The number of aryl methyl sites for hydroxylation is 2. The van der Waals surface area contributed by atoms with Crippen LogP contribution in [0.25, 0.3) is 0 Å². The van der Waals surface area contributed by atoms with Gasteiger partial charge in [-0.3, -0.25) is 0 Å². The molecular weight excluding hydrogens is 176 g/mol. The van der Waals surface area contributed by atoms with E-state index in [1.807, 2.05) is 32.0 Å². The maximum atomic E-state index is 10.8. The third-order valence-electron chi connectivity index (χ3n) is 1.88. The number of carbonyl (C=O) groups is 1. The van der Waals surface area contributed by atoms with Gasteiger partial charge in [-0.25, -0.2) is 4.79 Å². The molecule has 0 aromatic heterocycles. The van der Waals surface area contributed by atoms with Gasteiger partial charge in [0.1, 0.15) is 0 Å². The van der Waals surface area contributed by atoms with E-state index in [1.54, 1.807) is 0 Å². The first-order valence-corrected chi connectivity index (χ1v) is 4.30. The van der Waals surface area contributed by atoms with Crippen LogP contribution in [0, 0.1) is 25.7 Å². The topological polar surface area (TPSA) is 26.3 Å². The van der Waals surface area contributed by atoms with Crippen molar-refractivity contribution in [3.8, 4) is 11.8 Å². The van der Waals surface area contributed by atoms with Gasteiger partial charge in [-0.1, -0.05) is 18.1 Å². The number of ether oxygens (including phenoxy) is 1. The summed E-state index contributed by atoms with van der Waals surface area (Å²) in [5.74, 6) is 4.68. The molecule has 0 unspecified atom stereocenters. The lowest BCUT2D eigenvalue weighted by Crippen LogP contribution is -1.95. The van der Waals surface area contributed by atoms with Gasteiger partial charge in [0, 0.05) is 11.5 Å². The van der Waals surface area contributed by atoms with Crippen LogP contribution >= 0.6 is 0 Å². The van der Waals surface area contributed by atoms with E-state index in [1.165, 1.54) is 7.11 Å². The van der Waals surface area contributed by atoms with Crippen LogP contribution in [0.2, 0.25) is 0 Å². The van der Waals surface area contributed by atoms with E-state index >= 15 is 0 Å². The lowest BCUT2D eigenvalue weighted by Gasteiger charge is -1.98. The number of hydrogen-bond acceptors (Lipinski definition) is 2. The number of hydrogen-bond donors (Lipinski definition) is 0. The first-order chi connectivity index (χ1) is 6.63. The molecule has 1 rings (SSSR count). The summed E-state index contributed by atoms with van der Waals surface area (Å²) in [4.78, 5) is 10.8. The Balaban J connectivity index is 3.00. The molecule has 0 fully saturated rings. The number of methoxy groups -OCH3 is 1. The van der Waals surface area contributed by atoms with Crippen molar-refractivity contribution in [3.05, 3.63) is 34.9 Å². The normalized spacial score (nSPS) is 8.79. The summed E-state index contributed by atoms with van der Waals surface area (Å²) in [7, 11) is 1.32.